The number of aliphatic hydroxyl groups excluding tert-OH is 1. The molecule has 5 aliphatic rings. The highest BCUT2D eigenvalue weighted by molar-refractivity contribution is 5.97. The topological polar surface area (TPSA) is 159 Å². The highest BCUT2D eigenvalue weighted by atomic mass is 16.7. The first-order chi connectivity index (χ1) is 21.5. The van der Waals surface area contributed by atoms with Crippen LogP contribution in [0.15, 0.2) is 54.7 Å². The van der Waals surface area contributed by atoms with Gasteiger partial charge in [-0.3, -0.25) is 28.9 Å². The Morgan fingerprint density at radius 1 is 1.11 bits per heavy atom. The van der Waals surface area contributed by atoms with E-state index in [0.29, 0.717) is 31.4 Å². The largest absolute Gasteiger partial charge is 0.389 e. The average Bonchev–Trinajstić information content (AvgIpc) is 3.72. The number of aliphatic hydroxyl groups is 3. The minimum Gasteiger partial charge on any atom is -0.389 e. The van der Waals surface area contributed by atoms with Crippen molar-refractivity contribution in [2.75, 3.05) is 20.1 Å². The minimum absolute atomic E-state index is 0.111. The number of hydrogen-bond donors (Lipinski definition) is 5. The smallest absolute Gasteiger partial charge is 0.280 e. The predicted octanol–water partition coefficient (Wildman–Crippen LogP) is 0.156. The maximum absolute atomic E-state index is 14.2. The molecule has 4 aliphatic heterocycles. The molecule has 0 saturated carbocycles. The van der Waals surface area contributed by atoms with E-state index in [0.717, 1.165) is 26.9 Å². The van der Waals surface area contributed by atoms with Crippen LogP contribution in [0.3, 0.4) is 0 Å². The fourth-order valence-corrected chi connectivity index (χ4v) is 8.72. The number of carbonyl (C=O) groups excluding carboxylic acids is 3. The molecule has 2 unspecified atom stereocenters. The lowest BCUT2D eigenvalue weighted by atomic mass is 9.67. The molecular weight excluding hydrogens is 578 g/mol. The van der Waals surface area contributed by atoms with Gasteiger partial charge in [0.15, 0.2) is 0 Å². The van der Waals surface area contributed by atoms with E-state index in [2.05, 4.69) is 10.3 Å². The molecule has 3 amide bonds. The van der Waals surface area contributed by atoms with Crippen molar-refractivity contribution in [3.05, 3.63) is 71.4 Å². The quantitative estimate of drug-likeness (QED) is 0.278. The summed E-state index contributed by atoms with van der Waals surface area (Å²) < 4.78 is 6.17. The van der Waals surface area contributed by atoms with Crippen LogP contribution >= 0.6 is 0 Å². The third-order valence-corrected chi connectivity index (χ3v) is 10.9. The van der Waals surface area contributed by atoms with E-state index in [1.807, 2.05) is 47.5 Å². The summed E-state index contributed by atoms with van der Waals surface area (Å²) in [6.07, 6.45) is 2.12. The number of piperazine rings is 1. The van der Waals surface area contributed by atoms with Gasteiger partial charge < -0.3 is 30.5 Å². The van der Waals surface area contributed by atoms with E-state index in [-0.39, 0.29) is 18.9 Å². The second kappa shape index (κ2) is 9.60. The van der Waals surface area contributed by atoms with Gasteiger partial charge in [-0.2, -0.15) is 0 Å². The van der Waals surface area contributed by atoms with Crippen molar-refractivity contribution in [1.29, 1.82) is 0 Å². The zero-order valence-electron chi connectivity index (χ0n) is 25.1. The zero-order chi connectivity index (χ0) is 31.5. The number of aromatic amines is 1. The van der Waals surface area contributed by atoms with Crippen molar-refractivity contribution in [2.24, 2.45) is 5.92 Å². The summed E-state index contributed by atoms with van der Waals surface area (Å²) >= 11 is 0. The molecule has 12 nitrogen and oxygen atoms in total. The van der Waals surface area contributed by atoms with Crippen molar-refractivity contribution in [3.8, 4) is 0 Å². The maximum Gasteiger partial charge on any atom is 0.280 e. The second-order valence-corrected chi connectivity index (χ2v) is 13.4. The molecule has 236 valence electrons. The van der Waals surface area contributed by atoms with Crippen LogP contribution in [0.2, 0.25) is 0 Å². The molecule has 12 heteroatoms. The fraction of sp³-hybridized carbons (Fsp3) is 0.485. The van der Waals surface area contributed by atoms with Crippen LogP contribution in [0.5, 0.6) is 0 Å². The zero-order valence-corrected chi connectivity index (χ0v) is 25.1. The number of hydrogen-bond acceptors (Lipinski definition) is 8. The highest BCUT2D eigenvalue weighted by Crippen LogP contribution is 2.49. The number of fused-ring (bicyclic) bond motifs is 5. The van der Waals surface area contributed by atoms with Gasteiger partial charge in [0.2, 0.25) is 17.5 Å². The van der Waals surface area contributed by atoms with E-state index in [1.165, 1.54) is 6.92 Å². The first kappa shape index (κ1) is 28.6. The number of carbonyl (C=O) groups is 3. The molecule has 2 aromatic carbocycles. The van der Waals surface area contributed by atoms with Crippen molar-refractivity contribution in [1.82, 2.24) is 25.0 Å². The molecule has 5 heterocycles. The lowest BCUT2D eigenvalue weighted by Crippen LogP contribution is -2.71. The summed E-state index contributed by atoms with van der Waals surface area (Å²) in [5, 5.41) is 39.6. The van der Waals surface area contributed by atoms with Crippen LogP contribution in [-0.4, -0.2) is 109 Å². The van der Waals surface area contributed by atoms with E-state index < -0.39 is 59.2 Å². The van der Waals surface area contributed by atoms with Gasteiger partial charge in [-0.25, -0.2) is 0 Å². The van der Waals surface area contributed by atoms with Gasteiger partial charge in [0.05, 0.1) is 5.92 Å². The summed E-state index contributed by atoms with van der Waals surface area (Å²) in [4.78, 5) is 49.8. The molecule has 1 aliphatic carbocycles. The molecule has 4 fully saturated rings. The highest BCUT2D eigenvalue weighted by Gasteiger charge is 2.70. The minimum atomic E-state index is -2.15. The number of likely N-dealkylation sites (N-methyl/N-ethyl adjacent to an activating group) is 1. The monoisotopic (exact) mass is 615 g/mol. The van der Waals surface area contributed by atoms with Gasteiger partial charge >= 0.3 is 0 Å². The van der Waals surface area contributed by atoms with Crippen LogP contribution in [0, 0.1) is 5.92 Å². The van der Waals surface area contributed by atoms with E-state index >= 15 is 0 Å². The van der Waals surface area contributed by atoms with Crippen LogP contribution in [0.1, 0.15) is 36.5 Å². The van der Waals surface area contributed by atoms with Crippen molar-refractivity contribution < 1.29 is 34.4 Å². The Bertz CT molecular complexity index is 1730. The number of ether oxygens (including phenoxy) is 1. The molecule has 45 heavy (non-hydrogen) atoms. The lowest BCUT2D eigenvalue weighted by Gasteiger charge is -2.53. The van der Waals surface area contributed by atoms with Crippen molar-refractivity contribution in [3.63, 3.8) is 0 Å². The molecule has 4 saturated heterocycles. The van der Waals surface area contributed by atoms with Gasteiger partial charge in [0, 0.05) is 42.7 Å². The molecule has 3 aromatic rings. The number of nitrogens with zero attached hydrogens (tertiary/aromatic N) is 3. The number of benzene rings is 2. The standard InChI is InChI=1S/C33H37N5O7/c1-31(30(42)38-23(14-18-8-4-3-5-9-18)29(41)37-13-7-12-24(37)33(38,44)45-31)35-28(40)20-17-36(2)25-15-19-16-34-22-11-6-10-21(26(19)22)32(25,43)27(20)39/h3-6,8-11,16,20,23-25,27,34,39,43-44H,7,12-15,17H2,1-2H3,(H,35,40)/t20-,23-,24-,25+,27?,31+,32?,33-/m0/s1. The van der Waals surface area contributed by atoms with Crippen molar-refractivity contribution in [2.45, 2.75) is 74.1 Å². The molecule has 0 spiro atoms. The number of rotatable bonds is 4. The summed E-state index contributed by atoms with van der Waals surface area (Å²) in [6, 6.07) is 12.4. The van der Waals surface area contributed by atoms with Crippen molar-refractivity contribution >= 4 is 28.6 Å². The Balaban J connectivity index is 1.11. The third-order valence-electron chi connectivity index (χ3n) is 10.9. The predicted molar refractivity (Wildman–Crippen MR) is 160 cm³/mol. The van der Waals surface area contributed by atoms with Gasteiger partial charge in [-0.05, 0) is 56.0 Å². The van der Waals surface area contributed by atoms with E-state index in [4.69, 9.17) is 4.74 Å². The average molecular weight is 616 g/mol. The fourth-order valence-electron chi connectivity index (χ4n) is 8.72. The van der Waals surface area contributed by atoms with Gasteiger partial charge in [0.25, 0.3) is 11.8 Å². The van der Waals surface area contributed by atoms with Crippen LogP contribution in [0.25, 0.3) is 10.9 Å². The summed E-state index contributed by atoms with van der Waals surface area (Å²) in [5.74, 6) is -5.02. The van der Waals surface area contributed by atoms with Gasteiger partial charge in [0.1, 0.15) is 23.8 Å². The van der Waals surface area contributed by atoms with Gasteiger partial charge in [-0.15, -0.1) is 0 Å². The second-order valence-electron chi connectivity index (χ2n) is 13.4. The third kappa shape index (κ3) is 3.80. The van der Waals surface area contributed by atoms with Crippen LogP contribution < -0.4 is 5.32 Å². The number of piperidine rings is 1. The number of likely N-dealkylation sites (tertiary alicyclic amines) is 1. The number of nitrogens with one attached hydrogen (secondary N) is 2. The first-order valence-electron chi connectivity index (χ1n) is 15.6. The Kier molecular flexibility index (Phi) is 6.11. The van der Waals surface area contributed by atoms with Gasteiger partial charge in [-0.1, -0.05) is 42.5 Å². The SMILES string of the molecule is CN1C[C@H](C(=O)N[C@]2(C)O[C@@]3(O)[C@@H]4CCCN4C(=O)[C@H](Cc4ccccc4)N3C2=O)C(O)C2(O)c3cccc4[nH]cc(c34)C[C@@H]12. The molecule has 8 atom stereocenters. The molecule has 8 rings (SSSR count). The molecule has 5 N–H and O–H groups in total. The molecule has 0 radical (unpaired) electrons. The first-order valence-corrected chi connectivity index (χ1v) is 15.6. The number of H-pyrrole nitrogens is 1. The lowest BCUT2D eigenvalue weighted by molar-refractivity contribution is -0.315. The Morgan fingerprint density at radius 2 is 1.89 bits per heavy atom. The molecular formula is C33H37N5O7. The Labute approximate surface area is 259 Å². The Morgan fingerprint density at radius 3 is 2.67 bits per heavy atom. The van der Waals surface area contributed by atoms with E-state index in [9.17, 15) is 29.7 Å². The molecule has 1 aromatic heterocycles. The maximum atomic E-state index is 14.2. The summed E-state index contributed by atoms with van der Waals surface area (Å²) in [7, 11) is 1.80. The summed E-state index contributed by atoms with van der Waals surface area (Å²) in [5.41, 5.74) is -0.584. The van der Waals surface area contributed by atoms with E-state index in [1.54, 1.807) is 24.1 Å². The van der Waals surface area contributed by atoms with Crippen LogP contribution in [-0.2, 0) is 37.6 Å². The Hall–Kier alpha value is -3.81. The van der Waals surface area contributed by atoms with Crippen LogP contribution in [0.4, 0.5) is 0 Å². The number of amides is 3. The number of aromatic nitrogens is 1. The molecule has 0 bridgehead atoms. The normalized spacial score (nSPS) is 37.5. The summed E-state index contributed by atoms with van der Waals surface area (Å²) in [6.45, 7) is 1.91.